The van der Waals surface area contributed by atoms with Crippen LogP contribution < -0.4 is 0 Å². The quantitative estimate of drug-likeness (QED) is 0.771. The van der Waals surface area contributed by atoms with E-state index in [1.807, 2.05) is 0 Å². The van der Waals surface area contributed by atoms with Gasteiger partial charge in [0.1, 0.15) is 12.2 Å². The van der Waals surface area contributed by atoms with Gasteiger partial charge in [-0.1, -0.05) is 0 Å². The molecule has 0 radical (unpaired) electrons. The predicted octanol–water partition coefficient (Wildman–Crippen LogP) is 0.675. The van der Waals surface area contributed by atoms with Gasteiger partial charge in [-0.05, 0) is 31.9 Å². The van der Waals surface area contributed by atoms with Crippen molar-refractivity contribution >= 4 is 27.5 Å². The van der Waals surface area contributed by atoms with Crippen LogP contribution >= 0.6 is 0 Å². The van der Waals surface area contributed by atoms with Crippen molar-refractivity contribution in [3.63, 3.8) is 0 Å². The van der Waals surface area contributed by atoms with Crippen molar-refractivity contribution in [1.82, 2.24) is 18.6 Å². The minimum Gasteiger partial charge on any atom is -0.480 e. The van der Waals surface area contributed by atoms with Gasteiger partial charge in [-0.25, -0.2) is 17.7 Å². The Morgan fingerprint density at radius 3 is 2.63 bits per heavy atom. The normalized spacial score (nSPS) is 16.5. The summed E-state index contributed by atoms with van der Waals surface area (Å²) in [6.45, 7) is 1.73. The summed E-state index contributed by atoms with van der Waals surface area (Å²) in [5.41, 5.74) is 1.06. The second-order valence-electron chi connectivity index (χ2n) is 6.47. The van der Waals surface area contributed by atoms with Crippen molar-refractivity contribution in [3.8, 4) is 0 Å². The Morgan fingerprint density at radius 1 is 1.30 bits per heavy atom. The number of nitrogens with zero attached hydrogens (tertiary/aromatic N) is 4. The van der Waals surface area contributed by atoms with Gasteiger partial charge in [0.25, 0.3) is 5.91 Å². The van der Waals surface area contributed by atoms with Gasteiger partial charge < -0.3 is 14.4 Å². The summed E-state index contributed by atoms with van der Waals surface area (Å²) < 4.78 is 27.1. The fraction of sp³-hybridized carbons (Fsp3) is 0.471. The molecule has 0 bridgehead atoms. The molecule has 2 aromatic rings. The van der Waals surface area contributed by atoms with Crippen LogP contribution in [0, 0.1) is 0 Å². The number of pyridine rings is 1. The fourth-order valence-electron chi connectivity index (χ4n) is 3.34. The minimum absolute atomic E-state index is 0.0281. The first kappa shape index (κ1) is 19.3. The molecule has 3 heterocycles. The molecule has 10 heteroatoms. The van der Waals surface area contributed by atoms with Crippen molar-refractivity contribution in [1.29, 1.82) is 0 Å². The van der Waals surface area contributed by atoms with Gasteiger partial charge in [0.2, 0.25) is 10.0 Å². The zero-order valence-electron chi connectivity index (χ0n) is 15.0. The molecule has 0 atom stereocenters. The highest BCUT2D eigenvalue weighted by Gasteiger charge is 2.33. The highest BCUT2D eigenvalue weighted by atomic mass is 32.2. The first-order valence-corrected chi connectivity index (χ1v) is 10.4. The van der Waals surface area contributed by atoms with Gasteiger partial charge in [0, 0.05) is 37.7 Å². The van der Waals surface area contributed by atoms with E-state index in [4.69, 9.17) is 0 Å². The number of hydrogen-bond donors (Lipinski definition) is 1. The van der Waals surface area contributed by atoms with E-state index in [0.29, 0.717) is 24.1 Å². The van der Waals surface area contributed by atoms with Crippen molar-refractivity contribution < 1.29 is 23.1 Å². The zero-order chi connectivity index (χ0) is 19.6. The van der Waals surface area contributed by atoms with Crippen LogP contribution in [-0.4, -0.2) is 75.4 Å². The molecule has 3 rings (SSSR count). The molecule has 0 aliphatic carbocycles. The van der Waals surface area contributed by atoms with Crippen molar-refractivity contribution in [2.45, 2.75) is 25.8 Å². The summed E-state index contributed by atoms with van der Waals surface area (Å²) in [5.74, 6) is -1.46. The van der Waals surface area contributed by atoms with E-state index in [-0.39, 0.29) is 30.8 Å². The molecule has 2 aromatic heterocycles. The Hall–Kier alpha value is -2.46. The molecule has 1 amide bonds. The first-order chi connectivity index (χ1) is 12.8. The average molecular weight is 394 g/mol. The Bertz CT molecular complexity index is 947. The van der Waals surface area contributed by atoms with Gasteiger partial charge in [0.15, 0.2) is 0 Å². The topological polar surface area (TPSA) is 112 Å². The molecule has 0 spiro atoms. The van der Waals surface area contributed by atoms with Crippen LogP contribution in [0.1, 0.15) is 30.1 Å². The van der Waals surface area contributed by atoms with Crippen molar-refractivity contribution in [2.24, 2.45) is 0 Å². The lowest BCUT2D eigenvalue weighted by Gasteiger charge is -2.37. The van der Waals surface area contributed by atoms with Crippen molar-refractivity contribution in [3.05, 3.63) is 36.3 Å². The lowest BCUT2D eigenvalue weighted by atomic mass is 10.0. The molecule has 27 heavy (non-hydrogen) atoms. The van der Waals surface area contributed by atoms with E-state index >= 15 is 0 Å². The number of carbonyl (C=O) groups is 2. The van der Waals surface area contributed by atoms with Crippen LogP contribution in [0.2, 0.25) is 0 Å². The Labute approximate surface area is 157 Å². The molecule has 1 aliphatic rings. The number of carboxylic acid groups (broad SMARTS) is 1. The maximum atomic E-state index is 13.0. The summed E-state index contributed by atoms with van der Waals surface area (Å²) in [5, 5.41) is 9.25. The molecule has 0 saturated carbocycles. The van der Waals surface area contributed by atoms with E-state index in [9.17, 15) is 23.1 Å². The SMILES string of the molecule is CCS(=O)(=O)N1CCC(N(CC(=O)O)C(=O)c2ccc3nccn3c2)CC1. The molecular formula is C17H22N4O5S. The zero-order valence-corrected chi connectivity index (χ0v) is 15.8. The van der Waals surface area contributed by atoms with Gasteiger partial charge >= 0.3 is 5.97 Å². The third kappa shape index (κ3) is 4.11. The lowest BCUT2D eigenvalue weighted by molar-refractivity contribution is -0.138. The van der Waals surface area contributed by atoms with Gasteiger partial charge in [-0.3, -0.25) is 9.59 Å². The summed E-state index contributed by atoms with van der Waals surface area (Å²) in [4.78, 5) is 29.7. The number of piperidine rings is 1. The second-order valence-corrected chi connectivity index (χ2v) is 8.73. The molecule has 146 valence electrons. The first-order valence-electron chi connectivity index (χ1n) is 8.75. The number of aliphatic carboxylic acids is 1. The Balaban J connectivity index is 1.79. The number of hydrogen-bond acceptors (Lipinski definition) is 5. The molecule has 1 aliphatic heterocycles. The average Bonchev–Trinajstić information content (AvgIpc) is 3.13. The number of carbonyl (C=O) groups excluding carboxylic acids is 1. The number of rotatable bonds is 6. The Morgan fingerprint density at radius 2 is 2.00 bits per heavy atom. The van der Waals surface area contributed by atoms with Gasteiger partial charge in [0.05, 0.1) is 11.3 Å². The molecule has 1 fully saturated rings. The summed E-state index contributed by atoms with van der Waals surface area (Å²) in [7, 11) is -3.28. The van der Waals surface area contributed by atoms with Crippen LogP contribution in [0.4, 0.5) is 0 Å². The number of imidazole rings is 1. The molecule has 1 N–H and O–H groups in total. The monoisotopic (exact) mass is 394 g/mol. The maximum absolute atomic E-state index is 13.0. The van der Waals surface area contributed by atoms with E-state index < -0.39 is 22.5 Å². The van der Waals surface area contributed by atoms with Crippen LogP contribution in [0.5, 0.6) is 0 Å². The maximum Gasteiger partial charge on any atom is 0.323 e. The minimum atomic E-state index is -3.28. The van der Waals surface area contributed by atoms with Crippen LogP contribution in [0.3, 0.4) is 0 Å². The third-order valence-electron chi connectivity index (χ3n) is 4.82. The number of sulfonamides is 1. The van der Waals surface area contributed by atoms with E-state index in [1.54, 1.807) is 42.0 Å². The van der Waals surface area contributed by atoms with Crippen LogP contribution in [-0.2, 0) is 14.8 Å². The van der Waals surface area contributed by atoms with Gasteiger partial charge in [-0.15, -0.1) is 0 Å². The number of amides is 1. The summed E-state index contributed by atoms with van der Waals surface area (Å²) in [6, 6.07) is 2.99. The highest BCUT2D eigenvalue weighted by molar-refractivity contribution is 7.89. The molecular weight excluding hydrogens is 372 g/mol. The van der Waals surface area contributed by atoms with Crippen LogP contribution in [0.25, 0.3) is 5.65 Å². The molecule has 9 nitrogen and oxygen atoms in total. The molecule has 0 unspecified atom stereocenters. The predicted molar refractivity (Wildman–Crippen MR) is 97.9 cm³/mol. The molecule has 1 saturated heterocycles. The number of aromatic nitrogens is 2. The number of carboxylic acids is 1. The van der Waals surface area contributed by atoms with Crippen LogP contribution in [0.15, 0.2) is 30.7 Å². The van der Waals surface area contributed by atoms with E-state index in [0.717, 1.165) is 0 Å². The second kappa shape index (κ2) is 7.65. The fourth-order valence-corrected chi connectivity index (χ4v) is 4.47. The highest BCUT2D eigenvalue weighted by Crippen LogP contribution is 2.21. The number of fused-ring (bicyclic) bond motifs is 1. The lowest BCUT2D eigenvalue weighted by Crippen LogP contribution is -2.50. The summed E-state index contributed by atoms with van der Waals surface area (Å²) in [6.07, 6.45) is 5.76. The van der Waals surface area contributed by atoms with Gasteiger partial charge in [-0.2, -0.15) is 0 Å². The van der Waals surface area contributed by atoms with E-state index in [1.165, 1.54) is 9.21 Å². The summed E-state index contributed by atoms with van der Waals surface area (Å²) >= 11 is 0. The smallest absolute Gasteiger partial charge is 0.323 e. The Kier molecular flexibility index (Phi) is 5.47. The third-order valence-corrected chi connectivity index (χ3v) is 6.71. The molecule has 0 aromatic carbocycles. The largest absolute Gasteiger partial charge is 0.480 e. The van der Waals surface area contributed by atoms with Crippen molar-refractivity contribution in [2.75, 3.05) is 25.4 Å². The standard InChI is InChI=1S/C17H22N4O5S/c1-2-27(25,26)20-8-5-14(6-9-20)21(12-16(22)23)17(24)13-3-4-15-18-7-10-19(15)11-13/h3-4,7,10-11,14H,2,5-6,8-9,12H2,1H3,(H,22,23). The van der Waals surface area contributed by atoms with E-state index in [2.05, 4.69) is 4.98 Å².